The zero-order valence-corrected chi connectivity index (χ0v) is 20.8. The Labute approximate surface area is 220 Å². The van der Waals surface area contributed by atoms with Crippen molar-refractivity contribution in [1.82, 2.24) is 24.8 Å². The van der Waals surface area contributed by atoms with Gasteiger partial charge in [0.15, 0.2) is 0 Å². The lowest BCUT2D eigenvalue weighted by Gasteiger charge is -2.23. The van der Waals surface area contributed by atoms with E-state index in [0.29, 0.717) is 34.8 Å². The average Bonchev–Trinajstić information content (AvgIpc) is 3.55. The molecule has 0 fully saturated rings. The molecule has 0 saturated carbocycles. The molecule has 0 spiro atoms. The standard InChI is InChI=1S/C28H23F3N6O2/c1-15-24-22(14-39-15)21-10-16(2-5-23(21)36-25(24)32)27(38)37(12-17-6-8-33-26-20(17)7-9-34-26)13-19-4-3-18(11-35-19)28(29,30)31/h2-11,15H,12-14H2,1H3,(H2,32,36)(H,33,34)/t15-/m0/s1. The maximum absolute atomic E-state index is 13.9. The molecule has 1 aliphatic heterocycles. The van der Waals surface area contributed by atoms with E-state index >= 15 is 0 Å². The van der Waals surface area contributed by atoms with Crippen molar-refractivity contribution in [1.29, 1.82) is 0 Å². The molecule has 1 amide bonds. The fraction of sp³-hybridized carbons (Fsp3) is 0.214. The third-order valence-corrected chi connectivity index (χ3v) is 7.00. The highest BCUT2D eigenvalue weighted by Crippen LogP contribution is 2.38. The van der Waals surface area contributed by atoms with Gasteiger partial charge < -0.3 is 20.4 Å². The third kappa shape index (κ3) is 4.54. The monoisotopic (exact) mass is 532 g/mol. The van der Waals surface area contributed by atoms with E-state index in [9.17, 15) is 18.0 Å². The van der Waals surface area contributed by atoms with E-state index in [-0.39, 0.29) is 25.1 Å². The number of aromatic nitrogens is 4. The highest BCUT2D eigenvalue weighted by atomic mass is 19.4. The number of fused-ring (bicyclic) bond motifs is 4. The minimum atomic E-state index is -4.50. The Balaban J connectivity index is 1.39. The Morgan fingerprint density at radius 1 is 1.13 bits per heavy atom. The Morgan fingerprint density at radius 2 is 1.97 bits per heavy atom. The summed E-state index contributed by atoms with van der Waals surface area (Å²) in [6, 6.07) is 11.1. The van der Waals surface area contributed by atoms with Gasteiger partial charge >= 0.3 is 6.18 Å². The first-order valence-corrected chi connectivity index (χ1v) is 12.2. The summed E-state index contributed by atoms with van der Waals surface area (Å²) in [5.74, 6) is 0.0985. The summed E-state index contributed by atoms with van der Waals surface area (Å²) in [6.45, 7) is 2.45. The molecule has 0 bridgehead atoms. The number of nitrogens with two attached hydrogens (primary N) is 1. The first-order valence-electron chi connectivity index (χ1n) is 12.2. The van der Waals surface area contributed by atoms with Gasteiger partial charge in [-0.2, -0.15) is 13.2 Å². The van der Waals surface area contributed by atoms with Crippen molar-refractivity contribution in [3.05, 3.63) is 94.6 Å². The van der Waals surface area contributed by atoms with Gasteiger partial charge in [-0.1, -0.05) is 0 Å². The van der Waals surface area contributed by atoms with Crippen molar-refractivity contribution >= 4 is 33.7 Å². The van der Waals surface area contributed by atoms with Crippen molar-refractivity contribution < 1.29 is 22.7 Å². The van der Waals surface area contributed by atoms with Crippen LogP contribution in [0.2, 0.25) is 0 Å². The molecule has 5 heterocycles. The Hall–Kier alpha value is -4.51. The number of anilines is 1. The summed E-state index contributed by atoms with van der Waals surface area (Å²) >= 11 is 0. The van der Waals surface area contributed by atoms with Crippen LogP contribution in [0.3, 0.4) is 0 Å². The molecule has 198 valence electrons. The Bertz CT molecular complexity index is 1720. The van der Waals surface area contributed by atoms with E-state index < -0.39 is 11.7 Å². The molecule has 0 unspecified atom stereocenters. The minimum Gasteiger partial charge on any atom is -0.383 e. The quantitative estimate of drug-likeness (QED) is 0.308. The average molecular weight is 533 g/mol. The van der Waals surface area contributed by atoms with Gasteiger partial charge in [-0.3, -0.25) is 9.78 Å². The molecule has 0 saturated heterocycles. The number of alkyl halides is 3. The third-order valence-electron chi connectivity index (χ3n) is 7.00. The van der Waals surface area contributed by atoms with Gasteiger partial charge in [-0.15, -0.1) is 0 Å². The minimum absolute atomic E-state index is 0.00148. The number of amides is 1. The SMILES string of the molecule is C[C@@H]1OCc2c1c(N)nc1ccc(C(=O)N(Cc3ccc(C(F)(F)F)cn3)Cc3ccnc4[nH]ccc34)cc21. The normalized spacial score (nSPS) is 15.1. The van der Waals surface area contributed by atoms with E-state index in [0.717, 1.165) is 39.7 Å². The zero-order valence-electron chi connectivity index (χ0n) is 20.8. The van der Waals surface area contributed by atoms with Crippen molar-refractivity contribution in [3.63, 3.8) is 0 Å². The van der Waals surface area contributed by atoms with Crippen LogP contribution in [0.1, 0.15) is 51.3 Å². The molecule has 1 aromatic carbocycles. The molecular weight excluding hydrogens is 509 g/mol. The highest BCUT2D eigenvalue weighted by molar-refractivity contribution is 5.99. The van der Waals surface area contributed by atoms with Crippen LogP contribution < -0.4 is 5.73 Å². The Kier molecular flexibility index (Phi) is 5.95. The summed E-state index contributed by atoms with van der Waals surface area (Å²) in [4.78, 5) is 31.4. The van der Waals surface area contributed by atoms with Crippen molar-refractivity contribution in [3.8, 4) is 0 Å². The van der Waals surface area contributed by atoms with Crippen molar-refractivity contribution in [2.45, 2.75) is 38.9 Å². The summed E-state index contributed by atoms with van der Waals surface area (Å²) in [7, 11) is 0. The number of benzene rings is 1. The summed E-state index contributed by atoms with van der Waals surface area (Å²) in [6.07, 6.45) is -0.512. The van der Waals surface area contributed by atoms with Crippen molar-refractivity contribution in [2.24, 2.45) is 0 Å². The van der Waals surface area contributed by atoms with Gasteiger partial charge in [0.1, 0.15) is 11.5 Å². The number of hydrogen-bond acceptors (Lipinski definition) is 6. The molecule has 0 radical (unpaired) electrons. The van der Waals surface area contributed by atoms with Crippen molar-refractivity contribution in [2.75, 3.05) is 5.73 Å². The summed E-state index contributed by atoms with van der Waals surface area (Å²) in [5.41, 5.74) is 9.94. The molecule has 1 aliphatic rings. The highest BCUT2D eigenvalue weighted by Gasteiger charge is 2.31. The smallest absolute Gasteiger partial charge is 0.383 e. The van der Waals surface area contributed by atoms with Gasteiger partial charge in [-0.05, 0) is 60.5 Å². The van der Waals surface area contributed by atoms with Gasteiger partial charge in [0.05, 0.1) is 36.0 Å². The number of nitrogens with zero attached hydrogens (tertiary/aromatic N) is 4. The van der Waals surface area contributed by atoms with E-state index in [1.54, 1.807) is 35.5 Å². The van der Waals surface area contributed by atoms with Gasteiger partial charge in [0.25, 0.3) is 5.91 Å². The number of nitrogen functional groups attached to an aromatic ring is 1. The maximum Gasteiger partial charge on any atom is 0.417 e. The van der Waals surface area contributed by atoms with E-state index in [4.69, 9.17) is 10.5 Å². The van der Waals surface area contributed by atoms with Crippen LogP contribution in [0.15, 0.2) is 61.1 Å². The first kappa shape index (κ1) is 24.8. The second-order valence-corrected chi connectivity index (χ2v) is 9.48. The molecule has 1 atom stereocenters. The summed E-state index contributed by atoms with van der Waals surface area (Å²) < 4.78 is 45.0. The fourth-order valence-corrected chi connectivity index (χ4v) is 5.02. The largest absolute Gasteiger partial charge is 0.417 e. The molecule has 4 aromatic heterocycles. The second kappa shape index (κ2) is 9.35. The molecule has 8 nitrogen and oxygen atoms in total. The number of aromatic amines is 1. The lowest BCUT2D eigenvalue weighted by molar-refractivity contribution is -0.137. The van der Waals surface area contributed by atoms with Crippen LogP contribution in [-0.2, 0) is 30.6 Å². The number of nitrogens with one attached hydrogen (secondary N) is 1. The maximum atomic E-state index is 13.9. The fourth-order valence-electron chi connectivity index (χ4n) is 5.02. The number of pyridine rings is 3. The Morgan fingerprint density at radius 3 is 2.74 bits per heavy atom. The van der Waals surface area contributed by atoms with Gasteiger partial charge in [0, 0.05) is 47.0 Å². The first-order chi connectivity index (χ1) is 18.7. The van der Waals surface area contributed by atoms with Gasteiger partial charge in [0.2, 0.25) is 0 Å². The van der Waals surface area contributed by atoms with Crippen LogP contribution >= 0.6 is 0 Å². The topological polar surface area (TPSA) is 110 Å². The number of ether oxygens (including phenoxy) is 1. The molecule has 11 heteroatoms. The number of H-pyrrole nitrogens is 1. The molecular formula is C28H23F3N6O2. The van der Waals surface area contributed by atoms with E-state index in [1.165, 1.54) is 6.07 Å². The van der Waals surface area contributed by atoms with Crippen LogP contribution in [-0.4, -0.2) is 30.7 Å². The number of rotatable bonds is 5. The van der Waals surface area contributed by atoms with E-state index in [1.807, 2.05) is 19.1 Å². The number of carbonyl (C=O) groups is 1. The van der Waals surface area contributed by atoms with Gasteiger partial charge in [-0.25, -0.2) is 9.97 Å². The molecule has 5 aromatic rings. The van der Waals surface area contributed by atoms with Crippen LogP contribution in [0.25, 0.3) is 21.9 Å². The molecule has 6 rings (SSSR count). The van der Waals surface area contributed by atoms with Crippen LogP contribution in [0.5, 0.6) is 0 Å². The predicted molar refractivity (Wildman–Crippen MR) is 138 cm³/mol. The number of carbonyl (C=O) groups excluding carboxylic acids is 1. The van der Waals surface area contributed by atoms with E-state index in [2.05, 4.69) is 19.9 Å². The van der Waals surface area contributed by atoms with Crippen LogP contribution in [0.4, 0.5) is 19.0 Å². The number of halogens is 3. The van der Waals surface area contributed by atoms with Crippen LogP contribution in [0, 0.1) is 0 Å². The lowest BCUT2D eigenvalue weighted by Crippen LogP contribution is -2.30. The molecule has 3 N–H and O–H groups in total. The molecule has 39 heavy (non-hydrogen) atoms. The molecule has 0 aliphatic carbocycles. The second-order valence-electron chi connectivity index (χ2n) is 9.48. The predicted octanol–water partition coefficient (Wildman–Crippen LogP) is 5.54. The number of hydrogen-bond donors (Lipinski definition) is 2. The summed E-state index contributed by atoms with van der Waals surface area (Å²) in [5, 5.41) is 1.62. The lowest BCUT2D eigenvalue weighted by atomic mass is 10.00. The zero-order chi connectivity index (χ0) is 27.3.